The zero-order valence-corrected chi connectivity index (χ0v) is 10.9. The molecule has 15 heavy (non-hydrogen) atoms. The Bertz CT molecular complexity index is 362. The largest absolute Gasteiger partial charge is 0.280 e. The van der Waals surface area contributed by atoms with E-state index in [0.29, 0.717) is 17.5 Å². The van der Waals surface area contributed by atoms with Crippen molar-refractivity contribution in [3.05, 3.63) is 15.9 Å². The van der Waals surface area contributed by atoms with Gasteiger partial charge in [-0.1, -0.05) is 20.8 Å². The fraction of sp³-hybridized carbons (Fsp3) is 0.636. The molecule has 1 heterocycles. The molecule has 0 aliphatic rings. The van der Waals surface area contributed by atoms with E-state index in [1.807, 2.05) is 0 Å². The van der Waals surface area contributed by atoms with Gasteiger partial charge in [0.1, 0.15) is 6.07 Å². The lowest BCUT2D eigenvalue weighted by molar-refractivity contribution is 0.480. The monoisotopic (exact) mass is 269 g/mol. The molecule has 0 aliphatic carbocycles. The minimum Gasteiger partial charge on any atom is -0.280 e. The smallest absolute Gasteiger partial charge is 0.176 e. The van der Waals surface area contributed by atoms with Gasteiger partial charge in [-0.25, -0.2) is 0 Å². The first-order valence-electron chi connectivity index (χ1n) is 5.24. The molecule has 1 rings (SSSR count). The molecular formula is C11H16BrN3. The van der Waals surface area contributed by atoms with E-state index in [0.717, 1.165) is 23.0 Å². The summed E-state index contributed by atoms with van der Waals surface area (Å²) in [6.45, 7) is 6.57. The Kier molecular flexibility index (Phi) is 4.34. The molecule has 1 unspecified atom stereocenters. The molecule has 0 aromatic carbocycles. The molecule has 0 saturated carbocycles. The van der Waals surface area contributed by atoms with E-state index in [2.05, 4.69) is 53.0 Å². The molecular weight excluding hydrogens is 254 g/mol. The van der Waals surface area contributed by atoms with Crippen molar-refractivity contribution in [1.82, 2.24) is 10.2 Å². The van der Waals surface area contributed by atoms with Crippen molar-refractivity contribution in [2.75, 3.05) is 0 Å². The molecule has 1 atom stereocenters. The molecule has 0 fully saturated rings. The van der Waals surface area contributed by atoms with Gasteiger partial charge in [0.15, 0.2) is 5.69 Å². The first kappa shape index (κ1) is 12.3. The molecule has 1 aromatic heterocycles. The minimum absolute atomic E-state index is 0.451. The third kappa shape index (κ3) is 2.82. The fourth-order valence-corrected chi connectivity index (χ4v) is 2.33. The quantitative estimate of drug-likeness (QED) is 0.909. The summed E-state index contributed by atoms with van der Waals surface area (Å²) >= 11 is 3.43. The summed E-state index contributed by atoms with van der Waals surface area (Å²) in [6.07, 6.45) is 2.17. The van der Waals surface area contributed by atoms with Gasteiger partial charge in [0.2, 0.25) is 0 Å². The lowest BCUT2D eigenvalue weighted by Crippen LogP contribution is -2.03. The van der Waals surface area contributed by atoms with E-state index in [1.165, 1.54) is 0 Å². The second-order valence-electron chi connectivity index (χ2n) is 4.15. The predicted octanol–water partition coefficient (Wildman–Crippen LogP) is 3.58. The van der Waals surface area contributed by atoms with Crippen LogP contribution in [0.5, 0.6) is 0 Å². The van der Waals surface area contributed by atoms with Crippen LogP contribution in [0.15, 0.2) is 4.47 Å². The summed E-state index contributed by atoms with van der Waals surface area (Å²) in [4.78, 5) is 0. The van der Waals surface area contributed by atoms with Crippen LogP contribution in [0, 0.1) is 17.2 Å². The van der Waals surface area contributed by atoms with Crippen LogP contribution in [0.4, 0.5) is 0 Å². The molecule has 0 aliphatic heterocycles. The Hall–Kier alpha value is -0.820. The first-order valence-corrected chi connectivity index (χ1v) is 6.03. The van der Waals surface area contributed by atoms with Crippen LogP contribution in [-0.2, 0) is 0 Å². The molecule has 82 valence electrons. The van der Waals surface area contributed by atoms with Gasteiger partial charge in [-0.2, -0.15) is 10.4 Å². The number of nitriles is 1. The summed E-state index contributed by atoms with van der Waals surface area (Å²) in [5.41, 5.74) is 1.51. The van der Waals surface area contributed by atoms with E-state index >= 15 is 0 Å². The Morgan fingerprint density at radius 3 is 2.60 bits per heavy atom. The number of rotatable bonds is 4. The summed E-state index contributed by atoms with van der Waals surface area (Å²) < 4.78 is 0.831. The van der Waals surface area contributed by atoms with E-state index in [4.69, 9.17) is 5.26 Å². The van der Waals surface area contributed by atoms with Crippen molar-refractivity contribution >= 4 is 15.9 Å². The van der Waals surface area contributed by atoms with Crippen LogP contribution >= 0.6 is 15.9 Å². The number of aromatic nitrogens is 2. The molecule has 0 radical (unpaired) electrons. The zero-order valence-electron chi connectivity index (χ0n) is 9.34. The third-order valence-electron chi connectivity index (χ3n) is 2.50. The van der Waals surface area contributed by atoms with E-state index in [-0.39, 0.29) is 0 Å². The molecule has 0 spiro atoms. The highest BCUT2D eigenvalue weighted by Gasteiger charge is 2.19. The second kappa shape index (κ2) is 5.32. The standard InChI is InChI=1S/C11H16BrN3/c1-4-8(5-7(2)3)11-10(12)9(6-13)14-15-11/h7-8H,4-5H2,1-3H3,(H,14,15). The van der Waals surface area contributed by atoms with Crippen LogP contribution in [0.3, 0.4) is 0 Å². The van der Waals surface area contributed by atoms with Crippen LogP contribution in [0.25, 0.3) is 0 Å². The summed E-state index contributed by atoms with van der Waals surface area (Å²) in [5.74, 6) is 1.10. The van der Waals surface area contributed by atoms with Gasteiger partial charge in [-0.05, 0) is 34.7 Å². The van der Waals surface area contributed by atoms with E-state index in [1.54, 1.807) is 0 Å². The van der Waals surface area contributed by atoms with Crippen molar-refractivity contribution in [1.29, 1.82) is 5.26 Å². The Morgan fingerprint density at radius 1 is 1.53 bits per heavy atom. The second-order valence-corrected chi connectivity index (χ2v) is 4.94. The number of halogens is 1. The Balaban J connectivity index is 2.93. The number of nitrogens with zero attached hydrogens (tertiary/aromatic N) is 2. The maximum absolute atomic E-state index is 8.81. The molecule has 0 amide bonds. The SMILES string of the molecule is CCC(CC(C)C)c1[nH]nc(C#N)c1Br. The summed E-state index contributed by atoms with van der Waals surface area (Å²) in [6, 6.07) is 2.06. The van der Waals surface area contributed by atoms with Crippen LogP contribution in [-0.4, -0.2) is 10.2 Å². The minimum atomic E-state index is 0.451. The van der Waals surface area contributed by atoms with Crippen molar-refractivity contribution in [2.45, 2.75) is 39.5 Å². The molecule has 0 bridgehead atoms. The van der Waals surface area contributed by atoms with Gasteiger partial charge in [0.25, 0.3) is 0 Å². The van der Waals surface area contributed by atoms with E-state index in [9.17, 15) is 0 Å². The average molecular weight is 270 g/mol. The summed E-state index contributed by atoms with van der Waals surface area (Å²) in [5, 5.41) is 15.7. The number of hydrogen-bond acceptors (Lipinski definition) is 2. The van der Waals surface area contributed by atoms with Gasteiger partial charge in [0, 0.05) is 5.92 Å². The van der Waals surface area contributed by atoms with Crippen molar-refractivity contribution < 1.29 is 0 Å². The lowest BCUT2D eigenvalue weighted by Gasteiger charge is -2.15. The lowest BCUT2D eigenvalue weighted by atomic mass is 9.92. The van der Waals surface area contributed by atoms with Crippen molar-refractivity contribution in [2.24, 2.45) is 5.92 Å². The number of aromatic amines is 1. The molecule has 1 aromatic rings. The molecule has 1 N–H and O–H groups in total. The number of nitrogens with one attached hydrogen (secondary N) is 1. The number of H-pyrrole nitrogens is 1. The first-order chi connectivity index (χ1) is 7.10. The fourth-order valence-electron chi connectivity index (χ4n) is 1.74. The maximum Gasteiger partial charge on any atom is 0.176 e. The van der Waals surface area contributed by atoms with Crippen LogP contribution in [0.1, 0.15) is 50.9 Å². The third-order valence-corrected chi connectivity index (χ3v) is 3.30. The van der Waals surface area contributed by atoms with Crippen molar-refractivity contribution in [3.63, 3.8) is 0 Å². The Labute approximate surface area is 99.0 Å². The highest BCUT2D eigenvalue weighted by atomic mass is 79.9. The molecule has 4 heteroatoms. The van der Waals surface area contributed by atoms with Gasteiger partial charge in [-0.3, -0.25) is 5.10 Å². The van der Waals surface area contributed by atoms with Gasteiger partial charge in [0.05, 0.1) is 10.2 Å². The average Bonchev–Trinajstić information content (AvgIpc) is 2.56. The van der Waals surface area contributed by atoms with E-state index < -0.39 is 0 Å². The van der Waals surface area contributed by atoms with Gasteiger partial charge in [-0.15, -0.1) is 0 Å². The van der Waals surface area contributed by atoms with Crippen LogP contribution in [0.2, 0.25) is 0 Å². The van der Waals surface area contributed by atoms with Crippen molar-refractivity contribution in [3.8, 4) is 6.07 Å². The van der Waals surface area contributed by atoms with Gasteiger partial charge < -0.3 is 0 Å². The zero-order chi connectivity index (χ0) is 11.4. The topological polar surface area (TPSA) is 52.5 Å². The maximum atomic E-state index is 8.81. The van der Waals surface area contributed by atoms with Crippen LogP contribution < -0.4 is 0 Å². The highest BCUT2D eigenvalue weighted by molar-refractivity contribution is 9.10. The normalized spacial score (nSPS) is 12.8. The highest BCUT2D eigenvalue weighted by Crippen LogP contribution is 2.32. The summed E-state index contributed by atoms with van der Waals surface area (Å²) in [7, 11) is 0. The predicted molar refractivity (Wildman–Crippen MR) is 63.5 cm³/mol. The molecule has 0 saturated heterocycles. The molecule has 3 nitrogen and oxygen atoms in total. The Morgan fingerprint density at radius 2 is 2.20 bits per heavy atom. The van der Waals surface area contributed by atoms with Gasteiger partial charge >= 0.3 is 0 Å². The number of hydrogen-bond donors (Lipinski definition) is 1.